The summed E-state index contributed by atoms with van der Waals surface area (Å²) in [6, 6.07) is -2.90. The smallest absolute Gasteiger partial charge is 0.327 e. The van der Waals surface area contributed by atoms with Gasteiger partial charge in [-0.3, -0.25) is 9.59 Å². The average molecular weight is 326 g/mol. The summed E-state index contributed by atoms with van der Waals surface area (Å²) in [6.07, 6.45) is 3.55. The zero-order valence-corrected chi connectivity index (χ0v) is 12.8. The number of nitrogens with two attached hydrogens (primary N) is 2. The zero-order chi connectivity index (χ0) is 17.4. The molecule has 3 atom stereocenters. The first-order valence-electron chi connectivity index (χ1n) is 7.09. The Morgan fingerprint density at radius 2 is 2.13 bits per heavy atom. The zero-order valence-electron chi connectivity index (χ0n) is 12.8. The van der Waals surface area contributed by atoms with Gasteiger partial charge in [0.1, 0.15) is 6.04 Å². The van der Waals surface area contributed by atoms with Crippen molar-refractivity contribution in [2.75, 3.05) is 6.54 Å². The van der Waals surface area contributed by atoms with Gasteiger partial charge < -0.3 is 32.2 Å². The molecule has 0 bridgehead atoms. The topological polar surface area (TPSA) is 176 Å². The molecule has 0 aliphatic heterocycles. The lowest BCUT2D eigenvalue weighted by Crippen LogP contribution is -2.56. The molecule has 1 aromatic rings. The highest BCUT2D eigenvalue weighted by molar-refractivity contribution is 5.90. The van der Waals surface area contributed by atoms with Gasteiger partial charge in [-0.2, -0.15) is 0 Å². The lowest BCUT2D eigenvalue weighted by atomic mass is 10.1. The van der Waals surface area contributed by atoms with Crippen molar-refractivity contribution < 1.29 is 19.5 Å². The molecule has 8 N–H and O–H groups in total. The Labute approximate surface area is 133 Å². The molecule has 0 saturated heterocycles. The number of carboxylic acids is 1. The first kappa shape index (κ1) is 18.6. The second-order valence-electron chi connectivity index (χ2n) is 5.15. The Morgan fingerprint density at radius 1 is 1.43 bits per heavy atom. The van der Waals surface area contributed by atoms with Crippen LogP contribution in [0.3, 0.4) is 0 Å². The Kier molecular flexibility index (Phi) is 7.16. The summed E-state index contributed by atoms with van der Waals surface area (Å²) >= 11 is 0. The Morgan fingerprint density at radius 3 is 2.65 bits per heavy atom. The minimum absolute atomic E-state index is 0.348. The molecule has 1 rings (SSSR count). The highest BCUT2D eigenvalue weighted by Gasteiger charge is 2.28. The molecule has 0 fully saturated rings. The van der Waals surface area contributed by atoms with E-state index in [2.05, 4.69) is 20.6 Å². The van der Waals surface area contributed by atoms with Crippen LogP contribution in [0.25, 0.3) is 0 Å². The minimum Gasteiger partial charge on any atom is -0.480 e. The van der Waals surface area contributed by atoms with E-state index in [1.165, 1.54) is 0 Å². The Bertz CT molecular complexity index is 533. The van der Waals surface area contributed by atoms with Gasteiger partial charge in [-0.25, -0.2) is 9.78 Å². The van der Waals surface area contributed by atoms with Gasteiger partial charge in [0.15, 0.2) is 0 Å². The van der Waals surface area contributed by atoms with Crippen LogP contribution in [0.15, 0.2) is 12.5 Å². The number of primary amides is 1. The van der Waals surface area contributed by atoms with Gasteiger partial charge >= 0.3 is 5.97 Å². The van der Waals surface area contributed by atoms with E-state index in [0.29, 0.717) is 13.0 Å². The van der Waals surface area contributed by atoms with Crippen molar-refractivity contribution in [1.82, 2.24) is 20.6 Å². The van der Waals surface area contributed by atoms with E-state index in [9.17, 15) is 19.5 Å². The fourth-order valence-corrected chi connectivity index (χ4v) is 1.94. The predicted octanol–water partition coefficient (Wildman–Crippen LogP) is -2.30. The summed E-state index contributed by atoms with van der Waals surface area (Å²) in [5.41, 5.74) is 11.3. The first-order chi connectivity index (χ1) is 10.8. The SMILES string of the molecule is C[C@@H](NCCc1c[nH]cn1)[C@H](NC(=O)[C@@H](N)CC(N)=O)C(=O)O. The molecule has 0 radical (unpaired) electrons. The maximum atomic E-state index is 11.8. The molecule has 23 heavy (non-hydrogen) atoms. The van der Waals surface area contributed by atoms with E-state index in [-0.39, 0.29) is 6.42 Å². The highest BCUT2D eigenvalue weighted by Crippen LogP contribution is 1.98. The fourth-order valence-electron chi connectivity index (χ4n) is 1.94. The lowest BCUT2D eigenvalue weighted by molar-refractivity contribution is -0.142. The van der Waals surface area contributed by atoms with Gasteiger partial charge in [-0.1, -0.05) is 0 Å². The summed E-state index contributed by atoms with van der Waals surface area (Å²) in [7, 11) is 0. The molecule has 0 spiro atoms. The summed E-state index contributed by atoms with van der Waals surface area (Å²) in [6.45, 7) is 2.11. The number of imidazole rings is 1. The number of carboxylic acid groups (broad SMARTS) is 1. The van der Waals surface area contributed by atoms with Gasteiger partial charge in [0.05, 0.1) is 24.5 Å². The first-order valence-corrected chi connectivity index (χ1v) is 7.09. The third-order valence-electron chi connectivity index (χ3n) is 3.22. The molecule has 0 aliphatic rings. The van der Waals surface area contributed by atoms with E-state index >= 15 is 0 Å². The van der Waals surface area contributed by atoms with E-state index in [1.807, 2.05) is 0 Å². The van der Waals surface area contributed by atoms with Crippen molar-refractivity contribution in [2.45, 2.75) is 37.9 Å². The number of carbonyl (C=O) groups excluding carboxylic acids is 2. The van der Waals surface area contributed by atoms with E-state index in [4.69, 9.17) is 11.5 Å². The maximum absolute atomic E-state index is 11.8. The fraction of sp³-hybridized carbons (Fsp3) is 0.538. The van der Waals surface area contributed by atoms with Crippen LogP contribution < -0.4 is 22.1 Å². The number of nitrogens with zero attached hydrogens (tertiary/aromatic N) is 1. The molecular formula is C13H22N6O4. The number of rotatable bonds is 10. The number of aromatic amines is 1. The summed E-state index contributed by atoms with van der Waals surface area (Å²) in [5.74, 6) is -2.67. The van der Waals surface area contributed by atoms with Crippen LogP contribution in [0.1, 0.15) is 19.0 Å². The van der Waals surface area contributed by atoms with Gasteiger partial charge in [-0.05, 0) is 6.92 Å². The molecular weight excluding hydrogens is 304 g/mol. The third-order valence-corrected chi connectivity index (χ3v) is 3.22. The number of amides is 2. The minimum atomic E-state index is -1.20. The molecule has 2 amide bonds. The third kappa shape index (κ3) is 6.45. The number of H-pyrrole nitrogens is 1. The van der Waals surface area contributed by atoms with E-state index in [0.717, 1.165) is 5.69 Å². The van der Waals surface area contributed by atoms with Crippen molar-refractivity contribution in [3.8, 4) is 0 Å². The van der Waals surface area contributed by atoms with Crippen LogP contribution >= 0.6 is 0 Å². The summed E-state index contributed by atoms with van der Waals surface area (Å²) in [4.78, 5) is 40.7. The maximum Gasteiger partial charge on any atom is 0.327 e. The van der Waals surface area contributed by atoms with Crippen LogP contribution in [-0.2, 0) is 20.8 Å². The summed E-state index contributed by atoms with van der Waals surface area (Å²) in [5, 5.41) is 14.5. The second-order valence-corrected chi connectivity index (χ2v) is 5.15. The van der Waals surface area contributed by atoms with Crippen molar-refractivity contribution in [2.24, 2.45) is 11.5 Å². The van der Waals surface area contributed by atoms with Crippen LogP contribution in [0.4, 0.5) is 0 Å². The monoisotopic (exact) mass is 326 g/mol. The van der Waals surface area contributed by atoms with Gasteiger partial charge in [-0.15, -0.1) is 0 Å². The van der Waals surface area contributed by atoms with Crippen LogP contribution in [0.5, 0.6) is 0 Å². The number of hydrogen-bond donors (Lipinski definition) is 6. The number of aromatic nitrogens is 2. The van der Waals surface area contributed by atoms with Crippen molar-refractivity contribution in [1.29, 1.82) is 0 Å². The molecule has 0 saturated carbocycles. The number of aliphatic carboxylic acids is 1. The number of hydrogen-bond acceptors (Lipinski definition) is 6. The van der Waals surface area contributed by atoms with Crippen molar-refractivity contribution >= 4 is 17.8 Å². The van der Waals surface area contributed by atoms with Crippen molar-refractivity contribution in [3.05, 3.63) is 18.2 Å². The van der Waals surface area contributed by atoms with Crippen molar-refractivity contribution in [3.63, 3.8) is 0 Å². The quantitative estimate of drug-likeness (QED) is 0.280. The van der Waals surface area contributed by atoms with Gasteiger partial charge in [0.2, 0.25) is 11.8 Å². The number of nitrogens with one attached hydrogen (secondary N) is 3. The average Bonchev–Trinajstić information content (AvgIpc) is 2.96. The molecule has 0 aliphatic carbocycles. The standard InChI is InChI=1S/C13H22N6O4/c1-7(17-3-2-8-5-16-6-18-8)11(13(22)23)19-12(21)9(14)4-10(15)20/h5-7,9,11,17H,2-4,14H2,1H3,(H2,15,20)(H,16,18)(H,19,21)(H,22,23)/t7-,9+,11+/m1/s1. The van der Waals surface area contributed by atoms with Gasteiger partial charge in [0.25, 0.3) is 0 Å². The van der Waals surface area contributed by atoms with E-state index < -0.39 is 35.9 Å². The molecule has 10 heteroatoms. The Balaban J connectivity index is 2.50. The molecule has 1 heterocycles. The predicted molar refractivity (Wildman–Crippen MR) is 81.1 cm³/mol. The van der Waals surface area contributed by atoms with E-state index in [1.54, 1.807) is 19.4 Å². The molecule has 0 unspecified atom stereocenters. The second kappa shape index (κ2) is 8.86. The van der Waals surface area contributed by atoms with Crippen LogP contribution in [0, 0.1) is 0 Å². The molecule has 1 aromatic heterocycles. The molecule has 128 valence electrons. The Hall–Kier alpha value is -2.46. The molecule has 10 nitrogen and oxygen atoms in total. The van der Waals surface area contributed by atoms with Gasteiger partial charge in [0, 0.05) is 25.2 Å². The summed E-state index contributed by atoms with van der Waals surface area (Å²) < 4.78 is 0. The largest absolute Gasteiger partial charge is 0.480 e. The van der Waals surface area contributed by atoms with Crippen LogP contribution in [0.2, 0.25) is 0 Å². The van der Waals surface area contributed by atoms with Crippen LogP contribution in [-0.4, -0.2) is 57.5 Å². The highest BCUT2D eigenvalue weighted by atomic mass is 16.4. The normalized spacial score (nSPS) is 14.7. The molecule has 0 aromatic carbocycles. The number of carbonyl (C=O) groups is 3. The lowest BCUT2D eigenvalue weighted by Gasteiger charge is -2.23.